The average molecular weight is 490 g/mol. The summed E-state index contributed by atoms with van der Waals surface area (Å²) in [5.41, 5.74) is 1.71. The van der Waals surface area contributed by atoms with Crippen LogP contribution in [0.15, 0.2) is 48.0 Å². The summed E-state index contributed by atoms with van der Waals surface area (Å²) < 4.78 is 12.2. The van der Waals surface area contributed by atoms with E-state index in [1.54, 1.807) is 12.1 Å². The van der Waals surface area contributed by atoms with Crippen molar-refractivity contribution in [2.45, 2.75) is 26.8 Å². The zero-order valence-corrected chi connectivity index (χ0v) is 18.3. The van der Waals surface area contributed by atoms with Crippen LogP contribution in [-0.4, -0.2) is 19.1 Å². The Morgan fingerprint density at radius 3 is 2.50 bits per heavy atom. The van der Waals surface area contributed by atoms with E-state index >= 15 is 0 Å². The molecule has 1 N–H and O–H groups in total. The number of rotatable bonds is 8. The molecule has 0 heterocycles. The van der Waals surface area contributed by atoms with Crippen LogP contribution < -0.4 is 14.8 Å². The molecule has 0 unspecified atom stereocenters. The Morgan fingerprint density at radius 2 is 1.89 bits per heavy atom. The summed E-state index contributed by atoms with van der Waals surface area (Å²) in [6, 6.07) is 15.0. The Kier molecular flexibility index (Phi) is 8.33. The van der Waals surface area contributed by atoms with Gasteiger partial charge in [0.2, 0.25) is 0 Å². The number of hydrogen-bond donors (Lipinski definition) is 1. The molecule has 0 fully saturated rings. The third-order valence-electron chi connectivity index (χ3n) is 3.94. The lowest BCUT2D eigenvalue weighted by atomic mass is 10.1. The van der Waals surface area contributed by atoms with E-state index in [4.69, 9.17) is 9.47 Å². The van der Waals surface area contributed by atoms with E-state index in [9.17, 15) is 10.1 Å². The lowest BCUT2D eigenvalue weighted by Crippen LogP contribution is -2.27. The molecule has 0 radical (unpaired) electrons. The maximum atomic E-state index is 12.6. The molecule has 0 saturated carbocycles. The lowest BCUT2D eigenvalue weighted by Gasteiger charge is -2.15. The van der Waals surface area contributed by atoms with Crippen molar-refractivity contribution in [1.82, 2.24) is 5.32 Å². The van der Waals surface area contributed by atoms with Gasteiger partial charge >= 0.3 is 0 Å². The first-order chi connectivity index (χ1) is 13.5. The van der Waals surface area contributed by atoms with Crippen LogP contribution in [0, 0.1) is 14.9 Å². The van der Waals surface area contributed by atoms with Crippen molar-refractivity contribution in [2.24, 2.45) is 0 Å². The van der Waals surface area contributed by atoms with Crippen molar-refractivity contribution >= 4 is 34.6 Å². The highest BCUT2D eigenvalue weighted by molar-refractivity contribution is 14.1. The van der Waals surface area contributed by atoms with E-state index in [1.807, 2.05) is 63.2 Å². The van der Waals surface area contributed by atoms with Gasteiger partial charge < -0.3 is 14.8 Å². The van der Waals surface area contributed by atoms with Crippen LogP contribution in [0.1, 0.15) is 37.9 Å². The number of halogens is 1. The molecule has 0 aromatic heterocycles. The minimum absolute atomic E-state index is 0.0326. The highest BCUT2D eigenvalue weighted by Crippen LogP contribution is 2.35. The molecule has 28 heavy (non-hydrogen) atoms. The van der Waals surface area contributed by atoms with Crippen LogP contribution in [0.4, 0.5) is 0 Å². The zero-order chi connectivity index (χ0) is 20.5. The van der Waals surface area contributed by atoms with Crippen LogP contribution >= 0.6 is 22.6 Å². The number of benzene rings is 2. The molecule has 2 rings (SSSR count). The van der Waals surface area contributed by atoms with Gasteiger partial charge in [-0.2, -0.15) is 5.26 Å². The highest BCUT2D eigenvalue weighted by atomic mass is 127. The molecule has 0 bridgehead atoms. The zero-order valence-electron chi connectivity index (χ0n) is 16.2. The summed E-state index contributed by atoms with van der Waals surface area (Å²) in [7, 11) is 0. The van der Waals surface area contributed by atoms with Crippen LogP contribution in [-0.2, 0) is 4.79 Å². The van der Waals surface area contributed by atoms with Crippen LogP contribution in [0.5, 0.6) is 11.5 Å². The van der Waals surface area contributed by atoms with Gasteiger partial charge in [0.15, 0.2) is 11.5 Å². The number of carbonyl (C=O) groups excluding carboxylic acids is 1. The summed E-state index contributed by atoms with van der Waals surface area (Å²) in [5.74, 6) is 0.848. The number of nitrogens with one attached hydrogen (secondary N) is 1. The van der Waals surface area contributed by atoms with Crippen LogP contribution in [0.2, 0.25) is 0 Å². The van der Waals surface area contributed by atoms with Crippen molar-refractivity contribution in [3.05, 3.63) is 62.7 Å². The van der Waals surface area contributed by atoms with Crippen molar-refractivity contribution in [3.63, 3.8) is 0 Å². The van der Waals surface area contributed by atoms with Gasteiger partial charge in [-0.1, -0.05) is 30.3 Å². The molecular weight excluding hydrogens is 467 g/mol. The number of carbonyl (C=O) groups is 1. The molecule has 0 saturated heterocycles. The van der Waals surface area contributed by atoms with Crippen molar-refractivity contribution in [2.75, 3.05) is 13.2 Å². The maximum absolute atomic E-state index is 12.6. The fraction of sp³-hybridized carbons (Fsp3) is 0.273. The molecule has 1 amide bonds. The van der Waals surface area contributed by atoms with Crippen LogP contribution in [0.3, 0.4) is 0 Å². The van der Waals surface area contributed by atoms with Gasteiger partial charge in [0.05, 0.1) is 22.8 Å². The Morgan fingerprint density at radius 1 is 1.21 bits per heavy atom. The quantitative estimate of drug-likeness (QED) is 0.326. The van der Waals surface area contributed by atoms with Crippen LogP contribution in [0.25, 0.3) is 6.08 Å². The summed E-state index contributed by atoms with van der Waals surface area (Å²) >= 11 is 2.16. The number of nitrogens with zero attached hydrogens (tertiary/aromatic N) is 1. The van der Waals surface area contributed by atoms with E-state index in [0.29, 0.717) is 30.3 Å². The van der Waals surface area contributed by atoms with Crippen molar-refractivity contribution < 1.29 is 14.3 Å². The van der Waals surface area contributed by atoms with Gasteiger partial charge in [0, 0.05) is 0 Å². The number of nitriles is 1. The SMILES string of the molecule is CCOc1cc(/C=C(/C#N)C(=O)N[C@@H](C)c2ccccc2)cc(I)c1OCC. The predicted octanol–water partition coefficient (Wildman–Crippen LogP) is 4.87. The Labute approximate surface area is 179 Å². The van der Waals surface area contributed by atoms with Crippen molar-refractivity contribution in [3.8, 4) is 17.6 Å². The average Bonchev–Trinajstić information content (AvgIpc) is 2.69. The fourth-order valence-electron chi connectivity index (χ4n) is 2.63. The minimum Gasteiger partial charge on any atom is -0.490 e. The normalized spacial score (nSPS) is 12.0. The third-order valence-corrected chi connectivity index (χ3v) is 4.74. The Bertz CT molecular complexity index is 889. The molecule has 0 spiro atoms. The molecule has 0 aliphatic heterocycles. The predicted molar refractivity (Wildman–Crippen MR) is 118 cm³/mol. The summed E-state index contributed by atoms with van der Waals surface area (Å²) in [4.78, 5) is 12.6. The Hall–Kier alpha value is -2.53. The molecule has 2 aromatic rings. The molecule has 2 aromatic carbocycles. The third kappa shape index (κ3) is 5.73. The monoisotopic (exact) mass is 490 g/mol. The first-order valence-electron chi connectivity index (χ1n) is 9.06. The van der Waals surface area contributed by atoms with Gasteiger partial charge in [-0.05, 0) is 72.7 Å². The second kappa shape index (κ2) is 10.7. The number of hydrogen-bond acceptors (Lipinski definition) is 4. The lowest BCUT2D eigenvalue weighted by molar-refractivity contribution is -0.117. The fourth-order valence-corrected chi connectivity index (χ4v) is 3.41. The van der Waals surface area contributed by atoms with Gasteiger partial charge in [0.1, 0.15) is 11.6 Å². The van der Waals surface area contributed by atoms with E-state index in [2.05, 4.69) is 27.9 Å². The standard InChI is InChI=1S/C22H23IN2O3/c1-4-27-20-13-16(12-19(23)21(20)28-5-2)11-18(14-24)22(26)25-15(3)17-9-7-6-8-10-17/h6-13,15H,4-5H2,1-3H3,(H,25,26)/b18-11-/t15-/m0/s1. The number of ether oxygens (including phenoxy) is 2. The summed E-state index contributed by atoms with van der Waals surface area (Å²) in [5, 5.41) is 12.4. The van der Waals surface area contributed by atoms with Gasteiger partial charge in [0.25, 0.3) is 5.91 Å². The molecule has 5 nitrogen and oxygen atoms in total. The van der Waals surface area contributed by atoms with Gasteiger partial charge in [-0.3, -0.25) is 4.79 Å². The first kappa shape index (κ1) is 21.8. The molecular formula is C22H23IN2O3. The largest absolute Gasteiger partial charge is 0.490 e. The molecule has 0 aliphatic carbocycles. The number of amides is 1. The maximum Gasteiger partial charge on any atom is 0.262 e. The first-order valence-corrected chi connectivity index (χ1v) is 10.1. The summed E-state index contributed by atoms with van der Waals surface area (Å²) in [6.07, 6.45) is 1.56. The topological polar surface area (TPSA) is 71.3 Å². The van der Waals surface area contributed by atoms with E-state index < -0.39 is 5.91 Å². The van der Waals surface area contributed by atoms with E-state index in [1.165, 1.54) is 0 Å². The van der Waals surface area contributed by atoms with Crippen molar-refractivity contribution in [1.29, 1.82) is 5.26 Å². The molecule has 6 heteroatoms. The molecule has 0 aliphatic rings. The van der Waals surface area contributed by atoms with Gasteiger partial charge in [-0.15, -0.1) is 0 Å². The smallest absolute Gasteiger partial charge is 0.262 e. The second-order valence-electron chi connectivity index (χ2n) is 5.97. The second-order valence-corrected chi connectivity index (χ2v) is 7.13. The minimum atomic E-state index is -0.416. The molecule has 1 atom stereocenters. The Balaban J connectivity index is 2.28. The van der Waals surface area contributed by atoms with E-state index in [0.717, 1.165) is 9.13 Å². The van der Waals surface area contributed by atoms with E-state index in [-0.39, 0.29) is 11.6 Å². The summed E-state index contributed by atoms with van der Waals surface area (Å²) in [6.45, 7) is 6.70. The van der Waals surface area contributed by atoms with Gasteiger partial charge in [-0.25, -0.2) is 0 Å². The highest BCUT2D eigenvalue weighted by Gasteiger charge is 2.16. The molecule has 146 valence electrons.